The number of nitrogens with zero attached hydrogens (tertiary/aromatic N) is 2. The van der Waals surface area contributed by atoms with Crippen molar-refractivity contribution in [3.63, 3.8) is 0 Å². The number of likely N-dealkylation sites (N-methyl/N-ethyl adjacent to an activating group) is 1. The lowest BCUT2D eigenvalue weighted by atomic mass is 10.1. The smallest absolute Gasteiger partial charge is 0.335 e. The molecule has 0 unspecified atom stereocenters. The summed E-state index contributed by atoms with van der Waals surface area (Å²) in [6.45, 7) is 2.90. The number of carbonyl (C=O) groups excluding carboxylic acids is 1. The van der Waals surface area contributed by atoms with Crippen LogP contribution in [0.4, 0.5) is 0 Å². The Bertz CT molecular complexity index is 589. The van der Waals surface area contributed by atoms with E-state index < -0.39 is 5.97 Å². The molecule has 1 aromatic carbocycles. The Morgan fingerprint density at radius 2 is 2.18 bits per heavy atom. The van der Waals surface area contributed by atoms with Gasteiger partial charge in [-0.3, -0.25) is 9.69 Å². The van der Waals surface area contributed by atoms with Crippen LogP contribution in [0.25, 0.3) is 0 Å². The van der Waals surface area contributed by atoms with Crippen molar-refractivity contribution in [1.82, 2.24) is 9.80 Å². The summed E-state index contributed by atoms with van der Waals surface area (Å²) in [5, 5.41) is 9.01. The zero-order valence-corrected chi connectivity index (χ0v) is 12.6. The number of amides is 1. The second-order valence-electron chi connectivity index (χ2n) is 5.94. The van der Waals surface area contributed by atoms with Gasteiger partial charge in [0, 0.05) is 19.6 Å². The summed E-state index contributed by atoms with van der Waals surface area (Å²) in [5.41, 5.74) is 0.942. The highest BCUT2D eigenvalue weighted by molar-refractivity contribution is 5.88. The number of carboxylic acids is 1. The molecule has 1 aromatic rings. The zero-order valence-electron chi connectivity index (χ0n) is 12.6. The molecule has 2 atom stereocenters. The second-order valence-corrected chi connectivity index (χ2v) is 5.94. The van der Waals surface area contributed by atoms with Crippen LogP contribution in [0.15, 0.2) is 24.3 Å². The summed E-state index contributed by atoms with van der Waals surface area (Å²) in [4.78, 5) is 27.5. The van der Waals surface area contributed by atoms with Crippen LogP contribution in [-0.2, 0) is 16.0 Å². The molecule has 0 aromatic heterocycles. The van der Waals surface area contributed by atoms with Gasteiger partial charge in [0.25, 0.3) is 0 Å². The maximum atomic E-state index is 12.5. The van der Waals surface area contributed by atoms with E-state index >= 15 is 0 Å². The molecular formula is C16H20N2O4. The summed E-state index contributed by atoms with van der Waals surface area (Å²) in [7, 11) is 2.06. The number of morpholine rings is 1. The Kier molecular flexibility index (Phi) is 4.13. The monoisotopic (exact) mass is 304 g/mol. The van der Waals surface area contributed by atoms with Crippen LogP contribution in [0.3, 0.4) is 0 Å². The number of aromatic carboxylic acids is 1. The van der Waals surface area contributed by atoms with Crippen LogP contribution in [-0.4, -0.2) is 72.2 Å². The van der Waals surface area contributed by atoms with Crippen molar-refractivity contribution in [2.45, 2.75) is 18.6 Å². The summed E-state index contributed by atoms with van der Waals surface area (Å²) in [5.74, 6) is -0.953. The van der Waals surface area contributed by atoms with Crippen molar-refractivity contribution in [2.24, 2.45) is 0 Å². The van der Waals surface area contributed by atoms with Gasteiger partial charge in [0.1, 0.15) is 0 Å². The molecule has 3 rings (SSSR count). The first-order valence-electron chi connectivity index (χ1n) is 7.46. The number of hydrogen-bond acceptors (Lipinski definition) is 4. The zero-order chi connectivity index (χ0) is 15.7. The van der Waals surface area contributed by atoms with Crippen LogP contribution < -0.4 is 0 Å². The molecule has 0 saturated carbocycles. The van der Waals surface area contributed by atoms with Gasteiger partial charge in [-0.05, 0) is 24.7 Å². The maximum absolute atomic E-state index is 12.5. The lowest BCUT2D eigenvalue weighted by Gasteiger charge is -2.33. The Labute approximate surface area is 129 Å². The standard InChI is InChI=1S/C16H20N2O4/c1-17-5-6-22-14-10-18(9-13(14)17)15(19)8-11-3-2-4-12(7-11)16(20)21/h2-4,7,13-14H,5-6,8-10H2,1H3,(H,20,21)/t13-,14+/m0/s1. The van der Waals surface area contributed by atoms with Crippen LogP contribution in [0, 0.1) is 0 Å². The molecule has 1 N–H and O–H groups in total. The number of likely N-dealkylation sites (tertiary alicyclic amines) is 1. The van der Waals surface area contributed by atoms with Gasteiger partial charge in [0.05, 0.1) is 30.7 Å². The van der Waals surface area contributed by atoms with Crippen molar-refractivity contribution in [3.05, 3.63) is 35.4 Å². The van der Waals surface area contributed by atoms with E-state index in [0.29, 0.717) is 19.7 Å². The van der Waals surface area contributed by atoms with Crippen molar-refractivity contribution >= 4 is 11.9 Å². The first-order chi connectivity index (χ1) is 10.5. The van der Waals surface area contributed by atoms with Gasteiger partial charge >= 0.3 is 5.97 Å². The summed E-state index contributed by atoms with van der Waals surface area (Å²) < 4.78 is 5.74. The number of carbonyl (C=O) groups is 2. The minimum Gasteiger partial charge on any atom is -0.478 e. The molecule has 0 radical (unpaired) electrons. The molecule has 2 aliphatic heterocycles. The second kappa shape index (κ2) is 6.06. The highest BCUT2D eigenvalue weighted by Crippen LogP contribution is 2.22. The van der Waals surface area contributed by atoms with E-state index in [1.807, 2.05) is 4.90 Å². The quantitative estimate of drug-likeness (QED) is 0.879. The van der Waals surface area contributed by atoms with Crippen molar-refractivity contribution in [1.29, 1.82) is 0 Å². The minimum atomic E-state index is -0.975. The average Bonchev–Trinajstić information content (AvgIpc) is 2.93. The average molecular weight is 304 g/mol. The third kappa shape index (κ3) is 2.98. The maximum Gasteiger partial charge on any atom is 0.335 e. The molecule has 0 aliphatic carbocycles. The SMILES string of the molecule is CN1CCO[C@@H]2CN(C(=O)Cc3cccc(C(=O)O)c3)C[C@@H]21. The molecule has 2 heterocycles. The van der Waals surface area contributed by atoms with E-state index in [4.69, 9.17) is 9.84 Å². The van der Waals surface area contributed by atoms with Gasteiger partial charge in [-0.1, -0.05) is 12.1 Å². The Morgan fingerprint density at radius 1 is 1.36 bits per heavy atom. The molecule has 22 heavy (non-hydrogen) atoms. The van der Waals surface area contributed by atoms with Gasteiger partial charge in [-0.2, -0.15) is 0 Å². The third-order valence-corrected chi connectivity index (χ3v) is 4.46. The van der Waals surface area contributed by atoms with E-state index in [9.17, 15) is 9.59 Å². The van der Waals surface area contributed by atoms with Crippen LogP contribution >= 0.6 is 0 Å². The van der Waals surface area contributed by atoms with Gasteiger partial charge in [0.2, 0.25) is 5.91 Å². The van der Waals surface area contributed by atoms with Crippen LogP contribution in [0.1, 0.15) is 15.9 Å². The Balaban J connectivity index is 1.65. The lowest BCUT2D eigenvalue weighted by molar-refractivity contribution is -0.129. The summed E-state index contributed by atoms with van der Waals surface area (Å²) >= 11 is 0. The molecule has 6 nitrogen and oxygen atoms in total. The summed E-state index contributed by atoms with van der Waals surface area (Å²) in [6, 6.07) is 6.82. The van der Waals surface area contributed by atoms with E-state index in [0.717, 1.165) is 12.1 Å². The third-order valence-electron chi connectivity index (χ3n) is 4.46. The normalized spacial score (nSPS) is 25.0. The molecule has 118 valence electrons. The van der Waals surface area contributed by atoms with Gasteiger partial charge in [-0.25, -0.2) is 4.79 Å². The van der Waals surface area contributed by atoms with E-state index in [1.54, 1.807) is 18.2 Å². The topological polar surface area (TPSA) is 70.1 Å². The van der Waals surface area contributed by atoms with Crippen LogP contribution in [0.5, 0.6) is 0 Å². The fourth-order valence-electron chi connectivity index (χ4n) is 3.16. The van der Waals surface area contributed by atoms with Gasteiger partial charge in [-0.15, -0.1) is 0 Å². The Morgan fingerprint density at radius 3 is 2.91 bits per heavy atom. The van der Waals surface area contributed by atoms with Crippen LogP contribution in [0.2, 0.25) is 0 Å². The number of fused-ring (bicyclic) bond motifs is 1. The Hall–Kier alpha value is -1.92. The van der Waals surface area contributed by atoms with E-state index in [2.05, 4.69) is 11.9 Å². The molecule has 1 amide bonds. The highest BCUT2D eigenvalue weighted by atomic mass is 16.5. The van der Waals surface area contributed by atoms with Gasteiger partial charge < -0.3 is 14.7 Å². The van der Waals surface area contributed by atoms with E-state index in [-0.39, 0.29) is 30.0 Å². The number of rotatable bonds is 3. The predicted molar refractivity (Wildman–Crippen MR) is 79.8 cm³/mol. The molecule has 2 saturated heterocycles. The molecule has 0 bridgehead atoms. The number of carboxylic acid groups (broad SMARTS) is 1. The molecule has 0 spiro atoms. The van der Waals surface area contributed by atoms with Gasteiger partial charge in [0.15, 0.2) is 0 Å². The minimum absolute atomic E-state index is 0.0222. The molecule has 6 heteroatoms. The van der Waals surface area contributed by atoms with Crippen molar-refractivity contribution in [3.8, 4) is 0 Å². The first-order valence-corrected chi connectivity index (χ1v) is 7.46. The highest BCUT2D eigenvalue weighted by Gasteiger charge is 2.40. The lowest BCUT2D eigenvalue weighted by Crippen LogP contribution is -2.48. The molecule has 2 aliphatic rings. The summed E-state index contributed by atoms with van der Waals surface area (Å²) in [6.07, 6.45) is 0.317. The van der Waals surface area contributed by atoms with E-state index in [1.165, 1.54) is 6.07 Å². The predicted octanol–water partition coefficient (Wildman–Crippen LogP) is 0.469. The largest absolute Gasteiger partial charge is 0.478 e. The van der Waals surface area contributed by atoms with Crippen molar-refractivity contribution in [2.75, 3.05) is 33.3 Å². The molecular weight excluding hydrogens is 284 g/mol. The fourth-order valence-corrected chi connectivity index (χ4v) is 3.16. The molecule has 2 fully saturated rings. The first kappa shape index (κ1) is 15.0. The number of benzene rings is 1. The van der Waals surface area contributed by atoms with Crippen molar-refractivity contribution < 1.29 is 19.4 Å². The fraction of sp³-hybridized carbons (Fsp3) is 0.500. The number of ether oxygens (including phenoxy) is 1. The number of hydrogen-bond donors (Lipinski definition) is 1.